The highest BCUT2D eigenvalue weighted by molar-refractivity contribution is 9.10. The number of benzene rings is 2. The van der Waals surface area contributed by atoms with Crippen molar-refractivity contribution in [3.63, 3.8) is 0 Å². The van der Waals surface area contributed by atoms with Gasteiger partial charge in [0.2, 0.25) is 0 Å². The van der Waals surface area contributed by atoms with E-state index in [4.69, 9.17) is 10.5 Å². The van der Waals surface area contributed by atoms with Crippen LogP contribution in [0, 0.1) is 5.82 Å². The lowest BCUT2D eigenvalue weighted by molar-refractivity contribution is 0.213. The minimum absolute atomic E-state index is 0.288. The molecule has 0 amide bonds. The van der Waals surface area contributed by atoms with Crippen LogP contribution in [-0.4, -0.2) is 6.54 Å². The van der Waals surface area contributed by atoms with Gasteiger partial charge < -0.3 is 10.5 Å². The molecular weight excluding hydrogens is 297 g/mol. The number of hydrogen-bond donors (Lipinski definition) is 1. The summed E-state index contributed by atoms with van der Waals surface area (Å²) in [6.45, 7) is 0.288. The predicted octanol–water partition coefficient (Wildman–Crippen LogP) is 3.67. The largest absolute Gasteiger partial charge is 0.484 e. The van der Waals surface area contributed by atoms with Gasteiger partial charge in [0.1, 0.15) is 17.7 Å². The first kappa shape index (κ1) is 13.1. The second-order valence-electron chi connectivity index (χ2n) is 3.85. The van der Waals surface area contributed by atoms with E-state index in [2.05, 4.69) is 15.9 Å². The first-order valence-electron chi connectivity index (χ1n) is 5.57. The standard InChI is InChI=1S/C14H13BrFNO/c15-11-4-2-6-13(8-11)18-14(9-17)10-3-1-5-12(16)7-10/h1-8,14H,9,17H2. The van der Waals surface area contributed by atoms with Gasteiger partial charge in [0.15, 0.2) is 0 Å². The summed E-state index contributed by atoms with van der Waals surface area (Å²) in [5.74, 6) is 0.410. The van der Waals surface area contributed by atoms with Gasteiger partial charge in [-0.25, -0.2) is 4.39 Å². The summed E-state index contributed by atoms with van der Waals surface area (Å²) in [6, 6.07) is 13.8. The zero-order chi connectivity index (χ0) is 13.0. The zero-order valence-electron chi connectivity index (χ0n) is 9.64. The van der Waals surface area contributed by atoms with Gasteiger partial charge in [-0.05, 0) is 35.9 Å². The molecule has 2 nitrogen and oxygen atoms in total. The molecule has 1 atom stereocenters. The van der Waals surface area contributed by atoms with Crippen LogP contribution in [0.25, 0.3) is 0 Å². The third kappa shape index (κ3) is 3.31. The van der Waals surface area contributed by atoms with Gasteiger partial charge in [-0.2, -0.15) is 0 Å². The summed E-state index contributed by atoms with van der Waals surface area (Å²) in [4.78, 5) is 0. The van der Waals surface area contributed by atoms with E-state index in [0.717, 1.165) is 10.0 Å². The maximum Gasteiger partial charge on any atom is 0.136 e. The number of halogens is 2. The van der Waals surface area contributed by atoms with Crippen LogP contribution >= 0.6 is 15.9 Å². The summed E-state index contributed by atoms with van der Waals surface area (Å²) in [5.41, 5.74) is 6.42. The third-order valence-corrected chi connectivity index (χ3v) is 3.00. The van der Waals surface area contributed by atoms with Crippen molar-refractivity contribution in [2.75, 3.05) is 6.54 Å². The lowest BCUT2D eigenvalue weighted by atomic mass is 10.1. The molecule has 4 heteroatoms. The molecule has 2 rings (SSSR count). The summed E-state index contributed by atoms with van der Waals surface area (Å²) in [5, 5.41) is 0. The fourth-order valence-electron chi connectivity index (χ4n) is 1.66. The Morgan fingerprint density at radius 2 is 1.94 bits per heavy atom. The van der Waals surface area contributed by atoms with E-state index in [1.54, 1.807) is 12.1 Å². The second kappa shape index (κ2) is 5.98. The molecule has 94 valence electrons. The highest BCUT2D eigenvalue weighted by Gasteiger charge is 2.12. The fraction of sp³-hybridized carbons (Fsp3) is 0.143. The van der Waals surface area contributed by atoms with E-state index < -0.39 is 0 Å². The van der Waals surface area contributed by atoms with Gasteiger partial charge >= 0.3 is 0 Å². The topological polar surface area (TPSA) is 35.2 Å². The molecule has 0 saturated heterocycles. The average Bonchev–Trinajstić information content (AvgIpc) is 2.36. The molecule has 0 aliphatic carbocycles. The Balaban J connectivity index is 2.19. The highest BCUT2D eigenvalue weighted by atomic mass is 79.9. The molecular formula is C14H13BrFNO. The summed E-state index contributed by atoms with van der Waals surface area (Å²) >= 11 is 3.37. The van der Waals surface area contributed by atoms with Crippen LogP contribution in [0.15, 0.2) is 53.0 Å². The van der Waals surface area contributed by atoms with Crippen molar-refractivity contribution in [2.45, 2.75) is 6.10 Å². The van der Waals surface area contributed by atoms with Crippen molar-refractivity contribution in [2.24, 2.45) is 5.73 Å². The molecule has 1 unspecified atom stereocenters. The lowest BCUT2D eigenvalue weighted by Crippen LogP contribution is -2.18. The Morgan fingerprint density at radius 3 is 2.61 bits per heavy atom. The Labute approximate surface area is 114 Å². The van der Waals surface area contributed by atoms with Gasteiger partial charge in [0.05, 0.1) is 0 Å². The maximum absolute atomic E-state index is 13.2. The van der Waals surface area contributed by atoms with Crippen LogP contribution < -0.4 is 10.5 Å². The predicted molar refractivity (Wildman–Crippen MR) is 73.0 cm³/mol. The molecule has 0 radical (unpaired) electrons. The van der Waals surface area contributed by atoms with Crippen LogP contribution in [0.2, 0.25) is 0 Å². The van der Waals surface area contributed by atoms with Gasteiger partial charge in [0.25, 0.3) is 0 Å². The van der Waals surface area contributed by atoms with Gasteiger partial charge in [0, 0.05) is 11.0 Å². The summed E-state index contributed by atoms with van der Waals surface area (Å²) < 4.78 is 19.9. The first-order valence-corrected chi connectivity index (χ1v) is 6.36. The smallest absolute Gasteiger partial charge is 0.136 e. The van der Waals surface area contributed by atoms with Gasteiger partial charge in [-0.1, -0.05) is 34.1 Å². The molecule has 18 heavy (non-hydrogen) atoms. The van der Waals surface area contributed by atoms with Crippen molar-refractivity contribution in [1.82, 2.24) is 0 Å². The molecule has 0 fully saturated rings. The van der Waals surface area contributed by atoms with Crippen LogP contribution in [0.5, 0.6) is 5.75 Å². The lowest BCUT2D eigenvalue weighted by Gasteiger charge is -2.18. The highest BCUT2D eigenvalue weighted by Crippen LogP contribution is 2.24. The molecule has 0 aliphatic heterocycles. The van der Waals surface area contributed by atoms with E-state index in [1.165, 1.54) is 12.1 Å². The molecule has 0 saturated carbocycles. The van der Waals surface area contributed by atoms with E-state index in [0.29, 0.717) is 5.75 Å². The zero-order valence-corrected chi connectivity index (χ0v) is 11.2. The van der Waals surface area contributed by atoms with Crippen LogP contribution in [0.4, 0.5) is 4.39 Å². The van der Waals surface area contributed by atoms with Crippen molar-refractivity contribution < 1.29 is 9.13 Å². The monoisotopic (exact) mass is 309 g/mol. The molecule has 0 aromatic heterocycles. The molecule has 0 bridgehead atoms. The van der Waals surface area contributed by atoms with Crippen molar-refractivity contribution in [1.29, 1.82) is 0 Å². The summed E-state index contributed by atoms with van der Waals surface area (Å²) in [6.07, 6.45) is -0.352. The van der Waals surface area contributed by atoms with E-state index in [9.17, 15) is 4.39 Å². The van der Waals surface area contributed by atoms with E-state index >= 15 is 0 Å². The number of ether oxygens (including phenoxy) is 1. The van der Waals surface area contributed by atoms with Crippen LogP contribution in [0.1, 0.15) is 11.7 Å². The molecule has 2 aromatic rings. The maximum atomic E-state index is 13.2. The molecule has 2 aromatic carbocycles. The third-order valence-electron chi connectivity index (χ3n) is 2.51. The molecule has 2 N–H and O–H groups in total. The Morgan fingerprint density at radius 1 is 1.17 bits per heavy atom. The SMILES string of the molecule is NCC(Oc1cccc(Br)c1)c1cccc(F)c1. The van der Waals surface area contributed by atoms with Crippen LogP contribution in [-0.2, 0) is 0 Å². The average molecular weight is 310 g/mol. The number of nitrogens with two attached hydrogens (primary N) is 1. The van der Waals surface area contributed by atoms with Crippen molar-refractivity contribution >= 4 is 15.9 Å². The van der Waals surface area contributed by atoms with Crippen molar-refractivity contribution in [3.05, 3.63) is 64.4 Å². The normalized spacial score (nSPS) is 12.2. The van der Waals surface area contributed by atoms with Crippen molar-refractivity contribution in [3.8, 4) is 5.75 Å². The number of hydrogen-bond acceptors (Lipinski definition) is 2. The molecule has 0 heterocycles. The molecule has 0 spiro atoms. The number of rotatable bonds is 4. The first-order chi connectivity index (χ1) is 8.69. The van der Waals surface area contributed by atoms with E-state index in [1.807, 2.05) is 24.3 Å². The minimum Gasteiger partial charge on any atom is -0.484 e. The van der Waals surface area contributed by atoms with Gasteiger partial charge in [-0.3, -0.25) is 0 Å². The quantitative estimate of drug-likeness (QED) is 0.935. The summed E-state index contributed by atoms with van der Waals surface area (Å²) in [7, 11) is 0. The Kier molecular flexibility index (Phi) is 4.33. The Hall–Kier alpha value is -1.39. The van der Waals surface area contributed by atoms with E-state index in [-0.39, 0.29) is 18.5 Å². The van der Waals surface area contributed by atoms with Crippen LogP contribution in [0.3, 0.4) is 0 Å². The fourth-order valence-corrected chi connectivity index (χ4v) is 2.04. The Bertz CT molecular complexity index is 533. The second-order valence-corrected chi connectivity index (χ2v) is 4.77. The molecule has 0 aliphatic rings. The van der Waals surface area contributed by atoms with Gasteiger partial charge in [-0.15, -0.1) is 0 Å². The minimum atomic E-state index is -0.352.